The molecule has 6 heteroatoms. The first-order valence-electron chi connectivity index (χ1n) is 9.91. The second kappa shape index (κ2) is 10.3. The Hall–Kier alpha value is -2.08. The molecule has 3 rings (SSSR count). The van der Waals surface area contributed by atoms with Crippen molar-refractivity contribution < 1.29 is 4.74 Å². The third-order valence-corrected chi connectivity index (χ3v) is 6.02. The topological polar surface area (TPSA) is 58.5 Å². The van der Waals surface area contributed by atoms with Crippen LogP contribution in [0.2, 0.25) is 0 Å². The number of para-hydroxylation sites is 1. The number of hydrogen-bond acceptors (Lipinski definition) is 4. The van der Waals surface area contributed by atoms with Gasteiger partial charge in [0.25, 0.3) is 0 Å². The van der Waals surface area contributed by atoms with E-state index in [-0.39, 0.29) is 0 Å². The highest BCUT2D eigenvalue weighted by molar-refractivity contribution is 7.11. The molecule has 1 aliphatic rings. The minimum Gasteiger partial charge on any atom is -0.490 e. The zero-order valence-corrected chi connectivity index (χ0v) is 17.1. The van der Waals surface area contributed by atoms with Crippen LogP contribution in [0.25, 0.3) is 0 Å². The predicted molar refractivity (Wildman–Crippen MR) is 113 cm³/mol. The molecule has 146 valence electrons. The second-order valence-electron chi connectivity index (χ2n) is 6.81. The van der Waals surface area contributed by atoms with Crippen LogP contribution >= 0.6 is 11.3 Å². The van der Waals surface area contributed by atoms with Gasteiger partial charge in [0, 0.05) is 43.2 Å². The molecule has 0 bridgehead atoms. The molecule has 2 aromatic rings. The SMILES string of the molecule is CCc1cnc(CCNC(=NC)NCc2ccccc2OC2CCCC2)s1. The number of thiazole rings is 1. The monoisotopic (exact) mass is 386 g/mol. The van der Waals surface area contributed by atoms with Gasteiger partial charge in [-0.15, -0.1) is 11.3 Å². The van der Waals surface area contributed by atoms with Gasteiger partial charge in [-0.2, -0.15) is 0 Å². The van der Waals surface area contributed by atoms with Crippen LogP contribution < -0.4 is 15.4 Å². The summed E-state index contributed by atoms with van der Waals surface area (Å²) in [6, 6.07) is 8.29. The quantitative estimate of drug-likeness (QED) is 0.533. The van der Waals surface area contributed by atoms with Gasteiger partial charge in [-0.25, -0.2) is 4.98 Å². The zero-order chi connectivity index (χ0) is 18.9. The number of hydrogen-bond donors (Lipinski definition) is 2. The molecular weight excluding hydrogens is 356 g/mol. The summed E-state index contributed by atoms with van der Waals surface area (Å²) in [4.78, 5) is 10.1. The van der Waals surface area contributed by atoms with E-state index in [0.717, 1.165) is 31.1 Å². The minimum atomic E-state index is 0.370. The molecule has 1 saturated carbocycles. The summed E-state index contributed by atoms with van der Waals surface area (Å²) >= 11 is 1.79. The highest BCUT2D eigenvalue weighted by Crippen LogP contribution is 2.26. The van der Waals surface area contributed by atoms with Crippen molar-refractivity contribution in [3.05, 3.63) is 45.9 Å². The van der Waals surface area contributed by atoms with Crippen LogP contribution in [0.4, 0.5) is 0 Å². The van der Waals surface area contributed by atoms with Crippen LogP contribution in [0, 0.1) is 0 Å². The molecule has 1 aromatic carbocycles. The highest BCUT2D eigenvalue weighted by atomic mass is 32.1. The number of aromatic nitrogens is 1. The van der Waals surface area contributed by atoms with Crippen LogP contribution in [-0.2, 0) is 19.4 Å². The van der Waals surface area contributed by atoms with Gasteiger partial charge in [0.1, 0.15) is 5.75 Å². The summed E-state index contributed by atoms with van der Waals surface area (Å²) in [6.07, 6.45) is 9.21. The van der Waals surface area contributed by atoms with E-state index in [2.05, 4.69) is 45.7 Å². The Labute approximate surface area is 166 Å². The van der Waals surface area contributed by atoms with Gasteiger partial charge in [0.2, 0.25) is 0 Å². The lowest BCUT2D eigenvalue weighted by Crippen LogP contribution is -2.38. The molecular formula is C21H30N4OS. The first-order chi connectivity index (χ1) is 13.3. The minimum absolute atomic E-state index is 0.370. The van der Waals surface area contributed by atoms with Crippen LogP contribution in [-0.4, -0.2) is 30.6 Å². The lowest BCUT2D eigenvalue weighted by Gasteiger charge is -2.17. The van der Waals surface area contributed by atoms with Crippen LogP contribution in [0.15, 0.2) is 35.5 Å². The van der Waals surface area contributed by atoms with Crippen molar-refractivity contribution in [2.75, 3.05) is 13.6 Å². The van der Waals surface area contributed by atoms with E-state index < -0.39 is 0 Å². The molecule has 0 aliphatic heterocycles. The molecule has 1 aliphatic carbocycles. The van der Waals surface area contributed by atoms with E-state index in [1.165, 1.54) is 41.1 Å². The summed E-state index contributed by atoms with van der Waals surface area (Å²) in [6.45, 7) is 3.67. The van der Waals surface area contributed by atoms with E-state index in [4.69, 9.17) is 4.74 Å². The largest absolute Gasteiger partial charge is 0.490 e. The zero-order valence-electron chi connectivity index (χ0n) is 16.3. The first-order valence-corrected chi connectivity index (χ1v) is 10.7. The number of ether oxygens (including phenoxy) is 1. The molecule has 1 aromatic heterocycles. The maximum Gasteiger partial charge on any atom is 0.191 e. The number of aliphatic imine (C=N–C) groups is 1. The second-order valence-corrected chi connectivity index (χ2v) is 8.01. The van der Waals surface area contributed by atoms with Crippen molar-refractivity contribution in [1.29, 1.82) is 0 Å². The fraction of sp³-hybridized carbons (Fsp3) is 0.524. The van der Waals surface area contributed by atoms with Crippen LogP contribution in [0.5, 0.6) is 5.75 Å². The average Bonchev–Trinajstić information content (AvgIpc) is 3.37. The van der Waals surface area contributed by atoms with Gasteiger partial charge < -0.3 is 15.4 Å². The summed E-state index contributed by atoms with van der Waals surface area (Å²) in [5.41, 5.74) is 1.17. The van der Waals surface area contributed by atoms with Gasteiger partial charge in [-0.3, -0.25) is 4.99 Å². The lowest BCUT2D eigenvalue weighted by atomic mass is 10.2. The molecule has 2 N–H and O–H groups in total. The number of aryl methyl sites for hydroxylation is 1. The Morgan fingerprint density at radius 1 is 1.26 bits per heavy atom. The van der Waals surface area contributed by atoms with Gasteiger partial charge >= 0.3 is 0 Å². The summed E-state index contributed by atoms with van der Waals surface area (Å²) in [5, 5.41) is 7.94. The third-order valence-electron chi connectivity index (χ3n) is 4.82. The number of benzene rings is 1. The average molecular weight is 387 g/mol. The molecule has 0 atom stereocenters. The Balaban J connectivity index is 1.47. The molecule has 0 spiro atoms. The highest BCUT2D eigenvalue weighted by Gasteiger charge is 2.17. The van der Waals surface area contributed by atoms with Crippen molar-refractivity contribution in [3.8, 4) is 5.75 Å². The smallest absolute Gasteiger partial charge is 0.191 e. The Kier molecular flexibility index (Phi) is 7.51. The maximum absolute atomic E-state index is 6.22. The summed E-state index contributed by atoms with van der Waals surface area (Å²) in [5.74, 6) is 1.79. The molecule has 5 nitrogen and oxygen atoms in total. The van der Waals surface area contributed by atoms with Crippen molar-refractivity contribution in [3.63, 3.8) is 0 Å². The number of guanidine groups is 1. The van der Waals surface area contributed by atoms with E-state index in [9.17, 15) is 0 Å². The van der Waals surface area contributed by atoms with Gasteiger partial charge in [-0.05, 0) is 38.2 Å². The Morgan fingerprint density at radius 3 is 2.81 bits per heavy atom. The van der Waals surface area contributed by atoms with Crippen molar-refractivity contribution in [2.45, 2.75) is 58.1 Å². The fourth-order valence-electron chi connectivity index (χ4n) is 3.27. The van der Waals surface area contributed by atoms with Gasteiger partial charge in [0.15, 0.2) is 5.96 Å². The fourth-order valence-corrected chi connectivity index (χ4v) is 4.13. The number of nitrogens with one attached hydrogen (secondary N) is 2. The van der Waals surface area contributed by atoms with E-state index in [1.54, 1.807) is 18.4 Å². The summed E-state index contributed by atoms with van der Waals surface area (Å²) in [7, 11) is 1.80. The molecule has 0 unspecified atom stereocenters. The summed E-state index contributed by atoms with van der Waals surface area (Å²) < 4.78 is 6.22. The third kappa shape index (κ3) is 5.96. The van der Waals surface area contributed by atoms with Gasteiger partial charge in [-0.1, -0.05) is 25.1 Å². The molecule has 27 heavy (non-hydrogen) atoms. The first kappa shape index (κ1) is 19.7. The molecule has 0 saturated heterocycles. The maximum atomic E-state index is 6.22. The van der Waals surface area contributed by atoms with Crippen LogP contribution in [0.1, 0.15) is 48.1 Å². The number of nitrogens with zero attached hydrogens (tertiary/aromatic N) is 2. The van der Waals surface area contributed by atoms with Crippen molar-refractivity contribution in [2.24, 2.45) is 4.99 Å². The normalized spacial score (nSPS) is 15.1. The van der Waals surface area contributed by atoms with E-state index >= 15 is 0 Å². The predicted octanol–water partition coefficient (Wildman–Crippen LogP) is 3.93. The van der Waals surface area contributed by atoms with Crippen molar-refractivity contribution >= 4 is 17.3 Å². The Bertz CT molecular complexity index is 737. The molecule has 1 heterocycles. The molecule has 1 fully saturated rings. The molecule has 0 amide bonds. The van der Waals surface area contributed by atoms with Gasteiger partial charge in [0.05, 0.1) is 11.1 Å². The lowest BCUT2D eigenvalue weighted by molar-refractivity contribution is 0.208. The van der Waals surface area contributed by atoms with E-state index in [1.807, 2.05) is 12.3 Å². The van der Waals surface area contributed by atoms with Crippen LogP contribution in [0.3, 0.4) is 0 Å². The standard InChI is InChI=1S/C21H30N4OS/c1-3-18-15-24-20(27-18)12-13-23-21(22-2)25-14-16-8-4-7-11-19(16)26-17-9-5-6-10-17/h4,7-8,11,15,17H,3,5-6,9-10,12-14H2,1-2H3,(H2,22,23,25). The molecule has 0 radical (unpaired) electrons. The number of rotatable bonds is 8. The van der Waals surface area contributed by atoms with E-state index in [0.29, 0.717) is 12.6 Å². The van der Waals surface area contributed by atoms with Crippen molar-refractivity contribution in [1.82, 2.24) is 15.6 Å². The Morgan fingerprint density at radius 2 is 2.07 bits per heavy atom.